The van der Waals surface area contributed by atoms with E-state index in [0.717, 1.165) is 42.9 Å². The van der Waals surface area contributed by atoms with Gasteiger partial charge in [-0.1, -0.05) is 133 Å². The van der Waals surface area contributed by atoms with Crippen LogP contribution in [-0.2, 0) is 28.1 Å². The average Bonchev–Trinajstić information content (AvgIpc) is 2.96. The summed E-state index contributed by atoms with van der Waals surface area (Å²) < 4.78 is 20.0. The second-order valence-electron chi connectivity index (χ2n) is 15.9. The van der Waals surface area contributed by atoms with Gasteiger partial charge in [-0.25, -0.2) is 0 Å². The zero-order chi connectivity index (χ0) is 33.6. The highest BCUT2D eigenvalue weighted by atomic mass is 31.2. The van der Waals surface area contributed by atoms with Gasteiger partial charge in [-0.3, -0.25) is 0 Å². The van der Waals surface area contributed by atoms with E-state index < -0.39 is 8.60 Å². The maximum Gasteiger partial charge on any atom is 0.530 e. The summed E-state index contributed by atoms with van der Waals surface area (Å²) in [7, 11) is -1.80. The topological polar surface area (TPSA) is 27.7 Å². The minimum atomic E-state index is -1.80. The van der Waals surface area contributed by atoms with Gasteiger partial charge in [0.2, 0.25) is 0 Å². The fourth-order valence-corrected chi connectivity index (χ4v) is 6.70. The lowest BCUT2D eigenvalue weighted by Gasteiger charge is -2.32. The summed E-state index contributed by atoms with van der Waals surface area (Å²) >= 11 is 0. The highest BCUT2D eigenvalue weighted by Crippen LogP contribution is 2.48. The third-order valence-corrected chi connectivity index (χ3v) is 10.5. The molecule has 0 aliphatic carbocycles. The van der Waals surface area contributed by atoms with Crippen LogP contribution in [0.4, 0.5) is 0 Å². The molecule has 0 heterocycles. The normalized spacial score (nSPS) is 12.8. The molecule has 3 nitrogen and oxygen atoms in total. The van der Waals surface area contributed by atoms with Crippen molar-refractivity contribution in [1.82, 2.24) is 0 Å². The van der Waals surface area contributed by atoms with Crippen LogP contribution < -0.4 is 13.6 Å². The van der Waals surface area contributed by atoms with E-state index in [2.05, 4.69) is 126 Å². The summed E-state index contributed by atoms with van der Waals surface area (Å²) in [6.45, 7) is 29.6. The Bertz CT molecular complexity index is 1290. The predicted octanol–water partition coefficient (Wildman–Crippen LogP) is 13.2. The fraction of sp³-hybridized carbons (Fsp3) is 0.561. The Labute approximate surface area is 277 Å². The van der Waals surface area contributed by atoms with E-state index in [4.69, 9.17) is 13.6 Å². The lowest BCUT2D eigenvalue weighted by Crippen LogP contribution is -2.22. The van der Waals surface area contributed by atoms with E-state index >= 15 is 0 Å². The van der Waals surface area contributed by atoms with Gasteiger partial charge >= 0.3 is 8.60 Å². The van der Waals surface area contributed by atoms with Gasteiger partial charge in [0, 0.05) is 5.56 Å². The van der Waals surface area contributed by atoms with Crippen molar-refractivity contribution in [3.8, 4) is 17.2 Å². The first kappa shape index (κ1) is 37.0. The highest BCUT2D eigenvalue weighted by Gasteiger charge is 2.32. The third-order valence-electron chi connectivity index (χ3n) is 9.44. The molecule has 45 heavy (non-hydrogen) atoms. The number of rotatable bonds is 14. The molecule has 0 spiro atoms. The number of hydrogen-bond acceptors (Lipinski definition) is 3. The molecule has 0 aliphatic heterocycles. The Hall–Kier alpha value is -2.51. The van der Waals surface area contributed by atoms with Gasteiger partial charge in [0.05, 0.1) is 0 Å². The Morgan fingerprint density at radius 1 is 0.533 bits per heavy atom. The molecule has 4 heteroatoms. The highest BCUT2D eigenvalue weighted by molar-refractivity contribution is 7.43. The van der Waals surface area contributed by atoms with Crippen molar-refractivity contribution < 1.29 is 13.6 Å². The number of hydrogen-bond donors (Lipinski definition) is 0. The van der Waals surface area contributed by atoms with Crippen molar-refractivity contribution in [3.05, 3.63) is 88.5 Å². The van der Waals surface area contributed by atoms with Gasteiger partial charge in [-0.05, 0) is 99.9 Å². The molecule has 0 unspecified atom stereocenters. The van der Waals surface area contributed by atoms with Crippen molar-refractivity contribution in [1.29, 1.82) is 0 Å². The van der Waals surface area contributed by atoms with Crippen LogP contribution in [0.15, 0.2) is 60.7 Å². The first-order chi connectivity index (χ1) is 20.9. The predicted molar refractivity (Wildman–Crippen MR) is 195 cm³/mol. The maximum absolute atomic E-state index is 6.85. The molecule has 0 fully saturated rings. The Morgan fingerprint density at radius 3 is 1.38 bits per heavy atom. The smallest absolute Gasteiger partial charge is 0.409 e. The molecule has 248 valence electrons. The van der Waals surface area contributed by atoms with Crippen LogP contribution in [0.25, 0.3) is 0 Å². The zero-order valence-corrected chi connectivity index (χ0v) is 31.6. The van der Waals surface area contributed by atoms with E-state index in [0.29, 0.717) is 0 Å². The summed E-state index contributed by atoms with van der Waals surface area (Å²) in [5.74, 6) is 2.33. The van der Waals surface area contributed by atoms with Gasteiger partial charge in [-0.2, -0.15) is 0 Å². The summed E-state index contributed by atoms with van der Waals surface area (Å²) in [5, 5.41) is 0. The van der Waals surface area contributed by atoms with Crippen molar-refractivity contribution in [3.63, 3.8) is 0 Å². The summed E-state index contributed by atoms with van der Waals surface area (Å²) in [6.07, 6.45) is 6.74. The van der Waals surface area contributed by atoms with Gasteiger partial charge in [0.15, 0.2) is 0 Å². The summed E-state index contributed by atoms with van der Waals surface area (Å²) in [5.41, 5.74) is 6.76. The average molecular weight is 633 g/mol. The molecule has 0 bridgehead atoms. The molecule has 0 saturated carbocycles. The molecule has 0 atom stereocenters. The minimum absolute atomic E-state index is 0.0276. The lowest BCUT2D eigenvalue weighted by molar-refractivity contribution is 0.381. The van der Waals surface area contributed by atoms with Crippen molar-refractivity contribution in [2.24, 2.45) is 0 Å². The Morgan fingerprint density at radius 2 is 1.00 bits per heavy atom. The molecule has 0 aliphatic rings. The van der Waals surface area contributed by atoms with Crippen LogP contribution in [0, 0.1) is 0 Å². The molecule has 0 saturated heterocycles. The van der Waals surface area contributed by atoms with E-state index in [9.17, 15) is 0 Å². The Kier molecular flexibility index (Phi) is 12.3. The first-order valence-electron chi connectivity index (χ1n) is 17.1. The number of unbranched alkanes of at least 4 members (excludes halogenated alkanes) is 2. The molecular weight excluding hydrogens is 571 g/mol. The van der Waals surface area contributed by atoms with Crippen molar-refractivity contribution >= 4 is 8.60 Å². The quantitative estimate of drug-likeness (QED) is 0.131. The molecular formula is C41H61O3P. The van der Waals surface area contributed by atoms with Crippen molar-refractivity contribution in [2.75, 3.05) is 0 Å². The minimum Gasteiger partial charge on any atom is -0.409 e. The molecule has 0 N–H and O–H groups in total. The second-order valence-corrected chi connectivity index (χ2v) is 16.9. The van der Waals surface area contributed by atoms with Crippen LogP contribution in [0.3, 0.4) is 0 Å². The van der Waals surface area contributed by atoms with E-state index in [1.165, 1.54) is 40.7 Å². The maximum atomic E-state index is 6.85. The van der Waals surface area contributed by atoms with Gasteiger partial charge < -0.3 is 13.6 Å². The van der Waals surface area contributed by atoms with Crippen LogP contribution in [0.1, 0.15) is 150 Å². The van der Waals surface area contributed by atoms with Crippen LogP contribution >= 0.6 is 8.60 Å². The van der Waals surface area contributed by atoms with Gasteiger partial charge in [-0.15, -0.1) is 0 Å². The van der Waals surface area contributed by atoms with Crippen LogP contribution in [-0.4, -0.2) is 0 Å². The van der Waals surface area contributed by atoms with E-state index in [-0.39, 0.29) is 21.7 Å². The Balaban J connectivity index is 2.08. The molecule has 0 radical (unpaired) electrons. The third kappa shape index (κ3) is 9.74. The molecule has 3 aromatic carbocycles. The zero-order valence-electron chi connectivity index (χ0n) is 30.7. The molecule has 3 aromatic rings. The van der Waals surface area contributed by atoms with Gasteiger partial charge in [0.1, 0.15) is 17.2 Å². The summed E-state index contributed by atoms with van der Waals surface area (Å²) in [6, 6.07) is 21.3. The first-order valence-corrected chi connectivity index (χ1v) is 18.2. The molecule has 0 aromatic heterocycles. The second kappa shape index (κ2) is 14.9. The van der Waals surface area contributed by atoms with E-state index in [1.807, 2.05) is 24.3 Å². The summed E-state index contributed by atoms with van der Waals surface area (Å²) in [4.78, 5) is 0. The SMILES string of the molecule is CCCCCc1c(C(C)(C)C)ccc(OP(Oc2ccc(C(C)(C)CC)cc2)Oc2ccc(C(C)(C)CC)cc2)c1C(C)(C)C. The van der Waals surface area contributed by atoms with E-state index in [1.54, 1.807) is 0 Å². The van der Waals surface area contributed by atoms with Gasteiger partial charge in [0.25, 0.3) is 0 Å². The molecule has 0 amide bonds. The van der Waals surface area contributed by atoms with Crippen LogP contribution in [0.5, 0.6) is 17.2 Å². The monoisotopic (exact) mass is 632 g/mol. The fourth-order valence-electron chi connectivity index (χ4n) is 5.69. The molecule has 3 rings (SSSR count). The number of benzene rings is 3. The largest absolute Gasteiger partial charge is 0.530 e. The van der Waals surface area contributed by atoms with Crippen LogP contribution in [0.2, 0.25) is 0 Å². The lowest BCUT2D eigenvalue weighted by atomic mass is 9.74. The standard InChI is InChI=1S/C41H61O3P/c1-14-17-18-19-34-35(38(4,5)6)28-29-36(37(34)39(7,8)9)44-45(42-32-24-20-30(21-25-32)40(10,11)15-2)43-33-26-22-31(23-27-33)41(12,13)16-3/h20-29H,14-19H2,1-13H3. The van der Waals surface area contributed by atoms with Crippen molar-refractivity contribution in [2.45, 2.75) is 150 Å².